The highest BCUT2D eigenvalue weighted by molar-refractivity contribution is 6.37. The Morgan fingerprint density at radius 1 is 1.19 bits per heavy atom. The monoisotopic (exact) mass is 257 g/mol. The summed E-state index contributed by atoms with van der Waals surface area (Å²) >= 11 is 11.6. The molecule has 2 rings (SSSR count). The maximum Gasteiger partial charge on any atom is 0.226 e. The van der Waals surface area contributed by atoms with E-state index in [-0.39, 0.29) is 15.8 Å². The molecule has 0 atom stereocenters. The highest BCUT2D eigenvalue weighted by Gasteiger charge is 2.13. The van der Waals surface area contributed by atoms with Gasteiger partial charge in [0.25, 0.3) is 0 Å². The van der Waals surface area contributed by atoms with E-state index in [2.05, 4.69) is 4.98 Å². The lowest BCUT2D eigenvalue weighted by atomic mass is 10.2. The fourth-order valence-electron chi connectivity index (χ4n) is 1.29. The number of hydrogen-bond acceptors (Lipinski definition) is 3. The Kier molecular flexibility index (Phi) is 2.82. The predicted octanol–water partition coefficient (Wildman–Crippen LogP) is 3.97. The van der Waals surface area contributed by atoms with Gasteiger partial charge in [0.1, 0.15) is 5.76 Å². The fourth-order valence-corrected chi connectivity index (χ4v) is 1.77. The third kappa shape index (κ3) is 1.88. The van der Waals surface area contributed by atoms with Gasteiger partial charge < -0.3 is 9.52 Å². The van der Waals surface area contributed by atoms with Gasteiger partial charge in [-0.05, 0) is 26.0 Å². The Balaban J connectivity index is 2.56. The van der Waals surface area contributed by atoms with Gasteiger partial charge in [0, 0.05) is 5.56 Å². The SMILES string of the molecule is Cc1nc(-c2cc(Cl)c(O)c(Cl)c2)oc1C. The summed E-state index contributed by atoms with van der Waals surface area (Å²) in [6.45, 7) is 3.68. The van der Waals surface area contributed by atoms with Crippen molar-refractivity contribution in [1.29, 1.82) is 0 Å². The summed E-state index contributed by atoms with van der Waals surface area (Å²) in [5.74, 6) is 1.06. The minimum Gasteiger partial charge on any atom is -0.505 e. The van der Waals surface area contributed by atoms with Crippen LogP contribution in [0.2, 0.25) is 10.0 Å². The molecule has 5 heteroatoms. The van der Waals surface area contributed by atoms with E-state index in [0.717, 1.165) is 11.5 Å². The Morgan fingerprint density at radius 2 is 1.75 bits per heavy atom. The summed E-state index contributed by atoms with van der Waals surface area (Å²) in [5, 5.41) is 9.78. The Morgan fingerprint density at radius 3 is 2.19 bits per heavy atom. The number of oxazole rings is 1. The van der Waals surface area contributed by atoms with Gasteiger partial charge in [0.05, 0.1) is 15.7 Å². The molecule has 1 aromatic heterocycles. The molecule has 0 fully saturated rings. The number of benzene rings is 1. The average molecular weight is 258 g/mol. The Labute approximate surface area is 103 Å². The number of phenolic OH excluding ortho intramolecular Hbond substituents is 1. The average Bonchev–Trinajstić information content (AvgIpc) is 2.55. The van der Waals surface area contributed by atoms with Crippen molar-refractivity contribution in [2.75, 3.05) is 0 Å². The first-order chi connectivity index (χ1) is 7.49. The van der Waals surface area contributed by atoms with Crippen LogP contribution in [0.15, 0.2) is 16.5 Å². The molecule has 3 nitrogen and oxygen atoms in total. The first-order valence-electron chi connectivity index (χ1n) is 4.61. The van der Waals surface area contributed by atoms with E-state index in [1.807, 2.05) is 13.8 Å². The fraction of sp³-hybridized carbons (Fsp3) is 0.182. The van der Waals surface area contributed by atoms with Crippen molar-refractivity contribution in [2.24, 2.45) is 0 Å². The lowest BCUT2D eigenvalue weighted by molar-refractivity contribution is 0.476. The lowest BCUT2D eigenvalue weighted by Crippen LogP contribution is -1.80. The van der Waals surface area contributed by atoms with Crippen LogP contribution in [0.25, 0.3) is 11.5 Å². The third-order valence-corrected chi connectivity index (χ3v) is 2.87. The quantitative estimate of drug-likeness (QED) is 0.841. The number of aromatic nitrogens is 1. The summed E-state index contributed by atoms with van der Waals surface area (Å²) in [7, 11) is 0. The maximum atomic E-state index is 9.42. The second-order valence-corrected chi connectivity index (χ2v) is 4.26. The summed E-state index contributed by atoms with van der Waals surface area (Å²) < 4.78 is 5.44. The van der Waals surface area contributed by atoms with E-state index in [0.29, 0.717) is 11.5 Å². The molecule has 16 heavy (non-hydrogen) atoms. The molecule has 0 bridgehead atoms. The minimum absolute atomic E-state index is 0.132. The molecule has 0 unspecified atom stereocenters. The zero-order valence-electron chi connectivity index (χ0n) is 8.71. The van der Waals surface area contributed by atoms with Crippen LogP contribution in [0.5, 0.6) is 5.75 Å². The lowest BCUT2D eigenvalue weighted by Gasteiger charge is -2.02. The van der Waals surface area contributed by atoms with Crippen LogP contribution < -0.4 is 0 Å². The smallest absolute Gasteiger partial charge is 0.226 e. The van der Waals surface area contributed by atoms with Crippen molar-refractivity contribution in [1.82, 2.24) is 4.98 Å². The first-order valence-corrected chi connectivity index (χ1v) is 5.37. The second kappa shape index (κ2) is 4.00. The number of phenols is 1. The molecule has 0 radical (unpaired) electrons. The topological polar surface area (TPSA) is 46.3 Å². The van der Waals surface area contributed by atoms with E-state index in [1.54, 1.807) is 12.1 Å². The third-order valence-electron chi connectivity index (χ3n) is 2.29. The van der Waals surface area contributed by atoms with Crippen molar-refractivity contribution in [3.63, 3.8) is 0 Å². The number of aromatic hydroxyl groups is 1. The van der Waals surface area contributed by atoms with Gasteiger partial charge in [0.15, 0.2) is 5.75 Å². The van der Waals surface area contributed by atoms with E-state index < -0.39 is 0 Å². The Hall–Kier alpha value is -1.19. The summed E-state index contributed by atoms with van der Waals surface area (Å²) in [4.78, 5) is 4.23. The van der Waals surface area contributed by atoms with E-state index in [1.165, 1.54) is 0 Å². The van der Waals surface area contributed by atoms with Crippen molar-refractivity contribution in [3.05, 3.63) is 33.6 Å². The van der Waals surface area contributed by atoms with Gasteiger partial charge in [-0.1, -0.05) is 23.2 Å². The summed E-state index contributed by atoms with van der Waals surface area (Å²) in [6.07, 6.45) is 0. The molecule has 1 N–H and O–H groups in total. The molecule has 1 aromatic carbocycles. The van der Waals surface area contributed by atoms with Crippen LogP contribution in [0.3, 0.4) is 0 Å². The number of aryl methyl sites for hydroxylation is 2. The van der Waals surface area contributed by atoms with Crippen molar-refractivity contribution in [2.45, 2.75) is 13.8 Å². The van der Waals surface area contributed by atoms with Gasteiger partial charge in [-0.2, -0.15) is 0 Å². The molecule has 0 saturated heterocycles. The first kappa shape index (κ1) is 11.3. The molecular weight excluding hydrogens is 249 g/mol. The normalized spacial score (nSPS) is 10.8. The molecular formula is C11H9Cl2NO2. The highest BCUT2D eigenvalue weighted by atomic mass is 35.5. The molecule has 0 saturated carbocycles. The number of nitrogens with zero attached hydrogens (tertiary/aromatic N) is 1. The van der Waals surface area contributed by atoms with Gasteiger partial charge in [-0.25, -0.2) is 4.98 Å². The molecule has 0 spiro atoms. The zero-order valence-corrected chi connectivity index (χ0v) is 10.2. The molecule has 84 valence electrons. The largest absolute Gasteiger partial charge is 0.505 e. The van der Waals surface area contributed by atoms with Crippen molar-refractivity contribution < 1.29 is 9.52 Å². The van der Waals surface area contributed by atoms with Crippen LogP contribution in [-0.2, 0) is 0 Å². The van der Waals surface area contributed by atoms with E-state index in [9.17, 15) is 5.11 Å². The maximum absolute atomic E-state index is 9.42. The second-order valence-electron chi connectivity index (χ2n) is 3.45. The summed E-state index contributed by atoms with van der Waals surface area (Å²) in [6, 6.07) is 3.13. The van der Waals surface area contributed by atoms with Gasteiger partial charge in [-0.15, -0.1) is 0 Å². The minimum atomic E-state index is -0.132. The molecule has 1 heterocycles. The van der Waals surface area contributed by atoms with Gasteiger partial charge >= 0.3 is 0 Å². The summed E-state index contributed by atoms with van der Waals surface area (Å²) in [5.41, 5.74) is 1.46. The van der Waals surface area contributed by atoms with Crippen LogP contribution >= 0.6 is 23.2 Å². The van der Waals surface area contributed by atoms with Crippen LogP contribution in [0.4, 0.5) is 0 Å². The highest BCUT2D eigenvalue weighted by Crippen LogP contribution is 2.36. The number of rotatable bonds is 1. The molecule has 2 aromatic rings. The van der Waals surface area contributed by atoms with Crippen molar-refractivity contribution >= 4 is 23.2 Å². The van der Waals surface area contributed by atoms with Crippen LogP contribution in [0, 0.1) is 13.8 Å². The molecule has 0 aliphatic heterocycles. The Bertz CT molecular complexity index is 506. The van der Waals surface area contributed by atoms with E-state index in [4.69, 9.17) is 27.6 Å². The molecule has 0 aliphatic rings. The van der Waals surface area contributed by atoms with Gasteiger partial charge in [0.2, 0.25) is 5.89 Å². The van der Waals surface area contributed by atoms with Crippen molar-refractivity contribution in [3.8, 4) is 17.2 Å². The zero-order chi connectivity index (χ0) is 11.9. The van der Waals surface area contributed by atoms with E-state index >= 15 is 0 Å². The van der Waals surface area contributed by atoms with Crippen LogP contribution in [0.1, 0.15) is 11.5 Å². The number of hydrogen-bond donors (Lipinski definition) is 1. The molecule has 0 aliphatic carbocycles. The number of halogens is 2. The van der Waals surface area contributed by atoms with Crippen LogP contribution in [-0.4, -0.2) is 10.1 Å². The molecule has 0 amide bonds. The van der Waals surface area contributed by atoms with Gasteiger partial charge in [-0.3, -0.25) is 0 Å². The standard InChI is InChI=1S/C11H9Cl2NO2/c1-5-6(2)16-11(14-5)7-3-8(12)10(15)9(13)4-7/h3-4,15H,1-2H3. The predicted molar refractivity (Wildman–Crippen MR) is 63.1 cm³/mol.